The molecule has 1 N–H and O–H groups in total. The van der Waals surface area contributed by atoms with Crippen LogP contribution in [0.1, 0.15) is 0 Å². The first-order valence-electron chi connectivity index (χ1n) is 5.02. The molecule has 0 atom stereocenters. The summed E-state index contributed by atoms with van der Waals surface area (Å²) >= 11 is 1.34. The third kappa shape index (κ3) is 2.91. The summed E-state index contributed by atoms with van der Waals surface area (Å²) < 4.78 is 1.93. The zero-order chi connectivity index (χ0) is 12.1. The van der Waals surface area contributed by atoms with Gasteiger partial charge in [-0.3, -0.25) is 9.36 Å². The number of rotatable bonds is 4. The minimum Gasteiger partial charge on any atom is -0.408 e. The van der Waals surface area contributed by atoms with Crippen LogP contribution in [0.4, 0.5) is 0 Å². The van der Waals surface area contributed by atoms with Crippen molar-refractivity contribution < 1.29 is 4.79 Å². The Labute approximate surface area is 105 Å². The first-order chi connectivity index (χ1) is 8.31. The van der Waals surface area contributed by atoms with Gasteiger partial charge >= 0.3 is 0 Å². The Morgan fingerprint density at radius 3 is 2.88 bits per heavy atom. The first kappa shape index (κ1) is 11.8. The SMILES string of the molecule is [B]NC(=O)CSc1nccn1-c1ccccc1. The fourth-order valence-corrected chi connectivity index (χ4v) is 2.14. The Morgan fingerprint density at radius 2 is 2.18 bits per heavy atom. The Balaban J connectivity index is 2.15. The number of nitrogens with one attached hydrogen (secondary N) is 1. The van der Waals surface area contributed by atoms with Crippen LogP contribution in [0.15, 0.2) is 47.9 Å². The fraction of sp³-hybridized carbons (Fsp3) is 0.0909. The van der Waals surface area contributed by atoms with Crippen LogP contribution < -0.4 is 5.23 Å². The fourth-order valence-electron chi connectivity index (χ4n) is 1.35. The number of aromatic nitrogens is 2. The van der Waals surface area contributed by atoms with E-state index in [9.17, 15) is 4.79 Å². The van der Waals surface area contributed by atoms with Crippen LogP contribution in [0.3, 0.4) is 0 Å². The Morgan fingerprint density at radius 1 is 1.41 bits per heavy atom. The number of para-hydroxylation sites is 1. The number of benzene rings is 1. The van der Waals surface area contributed by atoms with E-state index in [1.807, 2.05) is 41.1 Å². The lowest BCUT2D eigenvalue weighted by Crippen LogP contribution is -2.21. The number of nitrogens with zero attached hydrogens (tertiary/aromatic N) is 2. The van der Waals surface area contributed by atoms with Crippen molar-refractivity contribution in [2.75, 3.05) is 5.75 Å². The molecule has 2 radical (unpaired) electrons. The van der Waals surface area contributed by atoms with Crippen molar-refractivity contribution >= 4 is 25.7 Å². The molecule has 1 aromatic carbocycles. The van der Waals surface area contributed by atoms with Gasteiger partial charge in [0.25, 0.3) is 0 Å². The number of imidazole rings is 1. The number of hydrogen-bond acceptors (Lipinski definition) is 3. The molecule has 1 amide bonds. The van der Waals surface area contributed by atoms with Gasteiger partial charge < -0.3 is 5.23 Å². The molecule has 0 fully saturated rings. The molecule has 0 aliphatic carbocycles. The Hall–Kier alpha value is -1.69. The summed E-state index contributed by atoms with van der Waals surface area (Å²) in [7, 11) is 5.02. The average molecular weight is 243 g/mol. The van der Waals surface area contributed by atoms with Crippen molar-refractivity contribution in [1.29, 1.82) is 0 Å². The molecule has 84 valence electrons. The number of carbonyl (C=O) groups is 1. The smallest absolute Gasteiger partial charge is 0.226 e. The lowest BCUT2D eigenvalue weighted by atomic mass is 10.3. The van der Waals surface area contributed by atoms with E-state index >= 15 is 0 Å². The van der Waals surface area contributed by atoms with Crippen molar-refractivity contribution in [3.05, 3.63) is 42.7 Å². The van der Waals surface area contributed by atoms with Crippen molar-refractivity contribution in [3.63, 3.8) is 0 Å². The summed E-state index contributed by atoms with van der Waals surface area (Å²) in [6, 6.07) is 9.82. The van der Waals surface area contributed by atoms with E-state index in [1.165, 1.54) is 11.8 Å². The zero-order valence-electron chi connectivity index (χ0n) is 9.04. The summed E-state index contributed by atoms with van der Waals surface area (Å²) in [5, 5.41) is 2.85. The number of hydrogen-bond donors (Lipinski definition) is 1. The van der Waals surface area contributed by atoms with Gasteiger partial charge in [0, 0.05) is 18.1 Å². The molecular weight excluding hydrogens is 233 g/mol. The van der Waals surface area contributed by atoms with E-state index in [-0.39, 0.29) is 11.7 Å². The molecule has 0 spiro atoms. The molecular formula is C11H10BN3OS. The summed E-state index contributed by atoms with van der Waals surface area (Å²) in [5.74, 6) is 0.0259. The van der Waals surface area contributed by atoms with E-state index in [0.717, 1.165) is 10.8 Å². The maximum atomic E-state index is 11.1. The maximum Gasteiger partial charge on any atom is 0.226 e. The van der Waals surface area contributed by atoms with Gasteiger partial charge in [-0.25, -0.2) is 4.98 Å². The predicted molar refractivity (Wildman–Crippen MR) is 68.2 cm³/mol. The third-order valence-electron chi connectivity index (χ3n) is 2.13. The molecule has 0 saturated carbocycles. The van der Waals surface area contributed by atoms with Gasteiger partial charge in [-0.15, -0.1) is 0 Å². The van der Waals surface area contributed by atoms with Gasteiger partial charge in [-0.05, 0) is 12.1 Å². The molecule has 1 aromatic heterocycles. The highest BCUT2D eigenvalue weighted by molar-refractivity contribution is 7.99. The second kappa shape index (κ2) is 5.59. The lowest BCUT2D eigenvalue weighted by Gasteiger charge is -2.06. The second-order valence-electron chi connectivity index (χ2n) is 3.27. The van der Waals surface area contributed by atoms with Crippen molar-refractivity contribution in [2.45, 2.75) is 5.16 Å². The molecule has 6 heteroatoms. The molecule has 4 nitrogen and oxygen atoms in total. The minimum atomic E-state index is -0.224. The molecule has 0 unspecified atom stereocenters. The third-order valence-corrected chi connectivity index (χ3v) is 3.10. The van der Waals surface area contributed by atoms with Crippen LogP contribution in [0.5, 0.6) is 0 Å². The second-order valence-corrected chi connectivity index (χ2v) is 4.21. The van der Waals surface area contributed by atoms with E-state index in [2.05, 4.69) is 10.2 Å². The van der Waals surface area contributed by atoms with E-state index in [0.29, 0.717) is 0 Å². The van der Waals surface area contributed by atoms with Crippen LogP contribution in [-0.4, -0.2) is 29.2 Å². The van der Waals surface area contributed by atoms with Crippen molar-refractivity contribution in [3.8, 4) is 5.69 Å². The number of amides is 1. The highest BCUT2D eigenvalue weighted by Gasteiger charge is 2.07. The molecule has 0 aliphatic heterocycles. The minimum absolute atomic E-state index is 0.224. The molecule has 1 heterocycles. The summed E-state index contributed by atoms with van der Waals surface area (Å²) in [6.07, 6.45) is 3.56. The standard InChI is InChI=1S/C11H10BN3OS/c12-14-10(16)8-17-11-13-6-7-15(11)9-4-2-1-3-5-9/h1-7H,8H2,(H,14,16). The highest BCUT2D eigenvalue weighted by atomic mass is 32.2. The molecule has 0 aliphatic rings. The van der Waals surface area contributed by atoms with Crippen LogP contribution in [-0.2, 0) is 4.79 Å². The Kier molecular flexibility index (Phi) is 3.87. The number of carbonyl (C=O) groups excluding carboxylic acids is 1. The van der Waals surface area contributed by atoms with Crippen LogP contribution in [0, 0.1) is 0 Å². The average Bonchev–Trinajstić information content (AvgIpc) is 2.85. The maximum absolute atomic E-state index is 11.1. The summed E-state index contributed by atoms with van der Waals surface area (Å²) in [6.45, 7) is 0. The van der Waals surface area contributed by atoms with Gasteiger partial charge in [0.05, 0.1) is 5.75 Å². The molecule has 2 rings (SSSR count). The predicted octanol–water partition coefficient (Wildman–Crippen LogP) is 1.16. The van der Waals surface area contributed by atoms with Crippen molar-refractivity contribution in [2.24, 2.45) is 0 Å². The van der Waals surface area contributed by atoms with Crippen LogP contribution in [0.25, 0.3) is 5.69 Å². The summed E-state index contributed by atoms with van der Waals surface area (Å²) in [5.41, 5.74) is 1.01. The van der Waals surface area contributed by atoms with Crippen molar-refractivity contribution in [1.82, 2.24) is 14.8 Å². The van der Waals surface area contributed by atoms with Gasteiger partial charge in [-0.2, -0.15) is 0 Å². The molecule has 0 bridgehead atoms. The summed E-state index contributed by atoms with van der Waals surface area (Å²) in [4.78, 5) is 15.3. The quantitative estimate of drug-likeness (QED) is 0.647. The van der Waals surface area contributed by atoms with Gasteiger partial charge in [0.1, 0.15) is 0 Å². The van der Waals surface area contributed by atoms with E-state index in [1.54, 1.807) is 6.20 Å². The molecule has 17 heavy (non-hydrogen) atoms. The van der Waals surface area contributed by atoms with Gasteiger partial charge in [0.2, 0.25) is 13.9 Å². The monoisotopic (exact) mass is 243 g/mol. The van der Waals surface area contributed by atoms with Gasteiger partial charge in [-0.1, -0.05) is 30.0 Å². The lowest BCUT2D eigenvalue weighted by molar-refractivity contribution is -0.116. The highest BCUT2D eigenvalue weighted by Crippen LogP contribution is 2.19. The van der Waals surface area contributed by atoms with Crippen LogP contribution >= 0.6 is 11.8 Å². The topological polar surface area (TPSA) is 46.9 Å². The van der Waals surface area contributed by atoms with E-state index < -0.39 is 0 Å². The molecule has 2 aromatic rings. The largest absolute Gasteiger partial charge is 0.408 e. The normalized spacial score (nSPS) is 10.1. The first-order valence-corrected chi connectivity index (χ1v) is 6.01. The Bertz CT molecular complexity index is 500. The number of thioether (sulfide) groups is 1. The zero-order valence-corrected chi connectivity index (χ0v) is 9.85. The van der Waals surface area contributed by atoms with Gasteiger partial charge in [0.15, 0.2) is 5.16 Å². The van der Waals surface area contributed by atoms with Crippen LogP contribution in [0.2, 0.25) is 0 Å². The molecule has 0 saturated heterocycles. The van der Waals surface area contributed by atoms with E-state index in [4.69, 9.17) is 7.98 Å².